The third kappa shape index (κ3) is 5.16. The first kappa shape index (κ1) is 15.7. The van der Waals surface area contributed by atoms with Crippen molar-refractivity contribution in [2.24, 2.45) is 23.0 Å². The van der Waals surface area contributed by atoms with Crippen LogP contribution in [0.3, 0.4) is 0 Å². The van der Waals surface area contributed by atoms with Gasteiger partial charge in [-0.25, -0.2) is 0 Å². The van der Waals surface area contributed by atoms with Crippen LogP contribution in [-0.2, 0) is 0 Å². The third-order valence-electron chi connectivity index (χ3n) is 3.42. The molecule has 0 saturated heterocycles. The Hall–Kier alpha value is -0.300. The van der Waals surface area contributed by atoms with Gasteiger partial charge in [-0.1, -0.05) is 60.1 Å². The van der Waals surface area contributed by atoms with Gasteiger partial charge in [-0.15, -0.1) is 0 Å². The first-order chi connectivity index (χ1) is 7.22. The van der Waals surface area contributed by atoms with Crippen LogP contribution in [0.25, 0.3) is 0 Å². The van der Waals surface area contributed by atoms with Crippen LogP contribution in [-0.4, -0.2) is 6.04 Å². The van der Waals surface area contributed by atoms with E-state index in [0.29, 0.717) is 17.3 Å². The minimum Gasteiger partial charge on any atom is -0.327 e. The topological polar surface area (TPSA) is 26.0 Å². The van der Waals surface area contributed by atoms with Gasteiger partial charge >= 0.3 is 0 Å². The molecule has 0 aromatic carbocycles. The van der Waals surface area contributed by atoms with Crippen molar-refractivity contribution >= 4 is 0 Å². The minimum absolute atomic E-state index is 0.268. The van der Waals surface area contributed by atoms with Gasteiger partial charge in [-0.3, -0.25) is 0 Å². The first-order valence-corrected chi connectivity index (χ1v) is 6.66. The fourth-order valence-corrected chi connectivity index (χ4v) is 2.43. The highest BCUT2D eigenvalue weighted by Gasteiger charge is 2.27. The maximum atomic E-state index is 6.25. The van der Waals surface area contributed by atoms with Crippen LogP contribution >= 0.6 is 0 Å². The highest BCUT2D eigenvalue weighted by Crippen LogP contribution is 2.34. The molecule has 16 heavy (non-hydrogen) atoms. The van der Waals surface area contributed by atoms with Crippen molar-refractivity contribution in [3.63, 3.8) is 0 Å². The molecule has 3 unspecified atom stereocenters. The van der Waals surface area contributed by atoms with Gasteiger partial charge in [0.25, 0.3) is 0 Å². The van der Waals surface area contributed by atoms with Crippen LogP contribution in [0.5, 0.6) is 0 Å². The normalized spacial score (nSPS) is 17.9. The van der Waals surface area contributed by atoms with Crippen LogP contribution in [0.4, 0.5) is 0 Å². The molecule has 0 bridgehead atoms. The Morgan fingerprint density at radius 2 is 1.69 bits per heavy atom. The molecular formula is C15H31N. The fourth-order valence-electron chi connectivity index (χ4n) is 2.43. The van der Waals surface area contributed by atoms with Crippen LogP contribution in [0.2, 0.25) is 0 Å². The second-order valence-corrected chi connectivity index (χ2v) is 6.38. The molecule has 0 aliphatic heterocycles. The van der Waals surface area contributed by atoms with E-state index in [1.165, 1.54) is 12.0 Å². The Morgan fingerprint density at radius 3 is 2.00 bits per heavy atom. The Labute approximate surface area is 102 Å². The number of nitrogens with two attached hydrogens (primary N) is 1. The summed E-state index contributed by atoms with van der Waals surface area (Å²) in [6, 6.07) is 0.268. The second kappa shape index (κ2) is 6.44. The third-order valence-corrected chi connectivity index (χ3v) is 3.42. The summed E-state index contributed by atoms with van der Waals surface area (Å²) in [6.45, 7) is 17.8. The van der Waals surface area contributed by atoms with Gasteiger partial charge in [0, 0.05) is 6.04 Å². The van der Waals surface area contributed by atoms with E-state index in [0.717, 1.165) is 12.8 Å². The molecule has 0 amide bonds. The van der Waals surface area contributed by atoms with E-state index < -0.39 is 0 Å². The lowest BCUT2D eigenvalue weighted by atomic mass is 9.74. The summed E-state index contributed by atoms with van der Waals surface area (Å²) in [6.07, 6.45) is 3.30. The highest BCUT2D eigenvalue weighted by atomic mass is 14.7. The SMILES string of the molecule is C=C(CC(C)(C)C)C(C(C)CC)C(N)CC. The van der Waals surface area contributed by atoms with Gasteiger partial charge in [-0.2, -0.15) is 0 Å². The average molecular weight is 225 g/mol. The van der Waals surface area contributed by atoms with Crippen LogP contribution in [0.15, 0.2) is 12.2 Å². The second-order valence-electron chi connectivity index (χ2n) is 6.38. The molecule has 0 fully saturated rings. The van der Waals surface area contributed by atoms with E-state index in [1.807, 2.05) is 0 Å². The minimum atomic E-state index is 0.268. The molecule has 0 radical (unpaired) electrons. The summed E-state index contributed by atoms with van der Waals surface area (Å²) in [4.78, 5) is 0. The summed E-state index contributed by atoms with van der Waals surface area (Å²) in [7, 11) is 0. The molecule has 0 aromatic heterocycles. The predicted octanol–water partition coefficient (Wildman–Crippen LogP) is 4.38. The molecule has 2 N–H and O–H groups in total. The molecule has 3 atom stereocenters. The number of rotatable bonds is 6. The zero-order chi connectivity index (χ0) is 12.9. The van der Waals surface area contributed by atoms with E-state index in [4.69, 9.17) is 5.73 Å². The van der Waals surface area contributed by atoms with Crippen LogP contribution in [0.1, 0.15) is 60.8 Å². The van der Waals surface area contributed by atoms with E-state index in [1.54, 1.807) is 0 Å². The van der Waals surface area contributed by atoms with Crippen molar-refractivity contribution in [2.75, 3.05) is 0 Å². The maximum Gasteiger partial charge on any atom is 0.0104 e. The summed E-state index contributed by atoms with van der Waals surface area (Å²) in [5, 5.41) is 0. The van der Waals surface area contributed by atoms with Gasteiger partial charge < -0.3 is 5.73 Å². The van der Waals surface area contributed by atoms with Crippen molar-refractivity contribution < 1.29 is 0 Å². The van der Waals surface area contributed by atoms with Crippen LogP contribution in [0, 0.1) is 17.3 Å². The van der Waals surface area contributed by atoms with E-state index in [2.05, 4.69) is 48.1 Å². The smallest absolute Gasteiger partial charge is 0.0104 e. The molecule has 0 aliphatic rings. The van der Waals surface area contributed by atoms with Crippen LogP contribution < -0.4 is 5.73 Å². The number of hydrogen-bond acceptors (Lipinski definition) is 1. The van der Waals surface area contributed by atoms with E-state index in [-0.39, 0.29) is 6.04 Å². The molecule has 0 heterocycles. The van der Waals surface area contributed by atoms with Gasteiger partial charge in [0.05, 0.1) is 0 Å². The lowest BCUT2D eigenvalue weighted by Gasteiger charge is -2.33. The molecule has 0 aromatic rings. The maximum absolute atomic E-state index is 6.25. The lowest BCUT2D eigenvalue weighted by molar-refractivity contribution is 0.297. The average Bonchev–Trinajstić information content (AvgIpc) is 2.14. The Balaban J connectivity index is 4.70. The lowest BCUT2D eigenvalue weighted by Crippen LogP contribution is -2.35. The Morgan fingerprint density at radius 1 is 1.19 bits per heavy atom. The summed E-state index contributed by atoms with van der Waals surface area (Å²) in [5.74, 6) is 1.12. The molecule has 0 aliphatic carbocycles. The molecular weight excluding hydrogens is 194 g/mol. The summed E-state index contributed by atoms with van der Waals surface area (Å²) < 4.78 is 0. The van der Waals surface area contributed by atoms with E-state index >= 15 is 0 Å². The first-order valence-electron chi connectivity index (χ1n) is 6.66. The Kier molecular flexibility index (Phi) is 6.32. The largest absolute Gasteiger partial charge is 0.327 e. The van der Waals surface area contributed by atoms with Gasteiger partial charge in [0.1, 0.15) is 0 Å². The monoisotopic (exact) mass is 225 g/mol. The standard InChI is InChI=1S/C15H31N/c1-8-11(3)14(13(16)9-2)12(4)10-15(5,6)7/h11,13-14H,4,8-10,16H2,1-3,5-7H3. The molecule has 1 nitrogen and oxygen atoms in total. The predicted molar refractivity (Wildman–Crippen MR) is 74.4 cm³/mol. The quantitative estimate of drug-likeness (QED) is 0.667. The van der Waals surface area contributed by atoms with Gasteiger partial charge in [0.15, 0.2) is 0 Å². The van der Waals surface area contributed by atoms with E-state index in [9.17, 15) is 0 Å². The summed E-state index contributed by atoms with van der Waals surface area (Å²) in [5.41, 5.74) is 7.91. The highest BCUT2D eigenvalue weighted by molar-refractivity contribution is 5.08. The van der Waals surface area contributed by atoms with Crippen molar-refractivity contribution in [3.8, 4) is 0 Å². The van der Waals surface area contributed by atoms with Gasteiger partial charge in [-0.05, 0) is 30.1 Å². The Bertz CT molecular complexity index is 202. The zero-order valence-corrected chi connectivity index (χ0v) is 12.1. The fraction of sp³-hybridized carbons (Fsp3) is 0.867. The molecule has 1 heteroatoms. The molecule has 0 saturated carbocycles. The van der Waals surface area contributed by atoms with Gasteiger partial charge in [0.2, 0.25) is 0 Å². The zero-order valence-electron chi connectivity index (χ0n) is 12.1. The molecule has 96 valence electrons. The van der Waals surface area contributed by atoms with Crippen molar-refractivity contribution in [1.29, 1.82) is 0 Å². The van der Waals surface area contributed by atoms with Crippen molar-refractivity contribution in [3.05, 3.63) is 12.2 Å². The number of hydrogen-bond donors (Lipinski definition) is 1. The molecule has 0 rings (SSSR count). The molecule has 0 spiro atoms. The summed E-state index contributed by atoms with van der Waals surface area (Å²) >= 11 is 0. The van der Waals surface area contributed by atoms with Crippen molar-refractivity contribution in [2.45, 2.75) is 66.8 Å². The van der Waals surface area contributed by atoms with Crippen molar-refractivity contribution in [1.82, 2.24) is 0 Å².